The van der Waals surface area contributed by atoms with Crippen LogP contribution in [0.25, 0.3) is 0 Å². The van der Waals surface area contributed by atoms with Gasteiger partial charge < -0.3 is 9.59 Å². The molecule has 0 spiro atoms. The van der Waals surface area contributed by atoms with E-state index in [-0.39, 0.29) is 10.9 Å². The molecule has 0 aliphatic rings. The number of quaternary nitrogens is 1. The van der Waals surface area contributed by atoms with Crippen molar-refractivity contribution in [2.45, 2.75) is 18.9 Å². The SMILES string of the molecule is C=CC(=O)C(CC)(C(=O)O)[N+](C)(C)C. The van der Waals surface area contributed by atoms with Crippen LogP contribution >= 0.6 is 0 Å². The average molecular weight is 200 g/mol. The molecule has 0 saturated carbocycles. The number of carbonyl (C=O) groups is 2. The maximum Gasteiger partial charge on any atom is 0.374 e. The van der Waals surface area contributed by atoms with Gasteiger partial charge in [-0.15, -0.1) is 0 Å². The number of nitrogens with zero attached hydrogens (tertiary/aromatic N) is 1. The molecule has 0 fully saturated rings. The summed E-state index contributed by atoms with van der Waals surface area (Å²) in [5.74, 6) is -1.54. The molecule has 0 saturated heterocycles. The summed E-state index contributed by atoms with van der Waals surface area (Å²) >= 11 is 0. The first-order valence-corrected chi connectivity index (χ1v) is 4.45. The highest BCUT2D eigenvalue weighted by atomic mass is 16.4. The normalized spacial score (nSPS) is 15.7. The molecule has 0 aromatic carbocycles. The predicted octanol–water partition coefficient (Wildman–Crippen LogP) is 0.681. The number of aliphatic carboxylic acids is 1. The molecule has 0 aliphatic carbocycles. The molecule has 0 heterocycles. The van der Waals surface area contributed by atoms with Crippen molar-refractivity contribution < 1.29 is 19.2 Å². The van der Waals surface area contributed by atoms with Crippen LogP contribution in [0.15, 0.2) is 12.7 Å². The number of carboxylic acids is 1. The molecule has 0 rings (SSSR count). The fraction of sp³-hybridized carbons (Fsp3) is 0.600. The Morgan fingerprint density at radius 3 is 1.93 bits per heavy atom. The molecule has 80 valence electrons. The lowest BCUT2D eigenvalue weighted by molar-refractivity contribution is -0.903. The van der Waals surface area contributed by atoms with Gasteiger partial charge in [-0.05, 0) is 6.08 Å². The number of hydrogen-bond acceptors (Lipinski definition) is 2. The molecule has 0 amide bonds. The summed E-state index contributed by atoms with van der Waals surface area (Å²) < 4.78 is 0.0592. The fourth-order valence-electron chi connectivity index (χ4n) is 1.69. The molecular formula is C10H18NO3+. The van der Waals surface area contributed by atoms with Crippen molar-refractivity contribution >= 4 is 11.8 Å². The van der Waals surface area contributed by atoms with E-state index >= 15 is 0 Å². The predicted molar refractivity (Wildman–Crippen MR) is 53.9 cm³/mol. The number of hydrogen-bond donors (Lipinski definition) is 1. The van der Waals surface area contributed by atoms with Gasteiger partial charge in [0, 0.05) is 6.42 Å². The van der Waals surface area contributed by atoms with E-state index in [1.54, 1.807) is 28.1 Å². The Morgan fingerprint density at radius 1 is 1.43 bits per heavy atom. The van der Waals surface area contributed by atoms with Crippen LogP contribution in [0.4, 0.5) is 0 Å². The highest BCUT2D eigenvalue weighted by Crippen LogP contribution is 2.25. The van der Waals surface area contributed by atoms with Crippen LogP contribution in [0.3, 0.4) is 0 Å². The maximum absolute atomic E-state index is 11.6. The number of likely N-dealkylation sites (N-methyl/N-ethyl adjacent to an activating group) is 1. The van der Waals surface area contributed by atoms with Crippen molar-refractivity contribution in [3.05, 3.63) is 12.7 Å². The topological polar surface area (TPSA) is 54.4 Å². The van der Waals surface area contributed by atoms with Crippen LogP contribution in [-0.2, 0) is 9.59 Å². The Hall–Kier alpha value is -1.16. The smallest absolute Gasteiger partial charge is 0.374 e. The first-order chi connectivity index (χ1) is 6.24. The summed E-state index contributed by atoms with van der Waals surface area (Å²) in [6, 6.07) is 0. The minimum atomic E-state index is -1.41. The molecule has 1 N–H and O–H groups in total. The van der Waals surface area contributed by atoms with E-state index in [4.69, 9.17) is 0 Å². The summed E-state index contributed by atoms with van der Waals surface area (Å²) in [5.41, 5.74) is -1.41. The second-order valence-corrected chi connectivity index (χ2v) is 4.10. The van der Waals surface area contributed by atoms with Gasteiger partial charge in [0.15, 0.2) is 0 Å². The van der Waals surface area contributed by atoms with Crippen molar-refractivity contribution in [3.8, 4) is 0 Å². The van der Waals surface area contributed by atoms with Crippen LogP contribution < -0.4 is 0 Å². The summed E-state index contributed by atoms with van der Waals surface area (Å²) in [6.45, 7) is 5.04. The summed E-state index contributed by atoms with van der Waals surface area (Å²) in [5, 5.41) is 9.18. The third-order valence-corrected chi connectivity index (χ3v) is 2.60. The molecule has 1 atom stereocenters. The lowest BCUT2D eigenvalue weighted by Crippen LogP contribution is -2.65. The Kier molecular flexibility index (Phi) is 3.59. The quantitative estimate of drug-likeness (QED) is 0.403. The van der Waals surface area contributed by atoms with Crippen LogP contribution in [0.2, 0.25) is 0 Å². The van der Waals surface area contributed by atoms with E-state index < -0.39 is 17.3 Å². The van der Waals surface area contributed by atoms with E-state index in [0.29, 0.717) is 0 Å². The van der Waals surface area contributed by atoms with E-state index in [2.05, 4.69) is 6.58 Å². The van der Waals surface area contributed by atoms with Gasteiger partial charge in [-0.2, -0.15) is 0 Å². The highest BCUT2D eigenvalue weighted by molar-refractivity contribution is 6.11. The number of rotatable bonds is 5. The van der Waals surface area contributed by atoms with E-state index in [1.165, 1.54) is 0 Å². The van der Waals surface area contributed by atoms with E-state index in [9.17, 15) is 14.7 Å². The minimum Gasteiger partial charge on any atom is -0.476 e. The minimum absolute atomic E-state index is 0.0592. The zero-order valence-corrected chi connectivity index (χ0v) is 9.20. The number of ketones is 1. The van der Waals surface area contributed by atoms with Crippen molar-refractivity contribution in [1.29, 1.82) is 0 Å². The maximum atomic E-state index is 11.6. The average Bonchev–Trinajstić information content (AvgIpc) is 2.02. The van der Waals surface area contributed by atoms with Crippen LogP contribution in [0.5, 0.6) is 0 Å². The second-order valence-electron chi connectivity index (χ2n) is 4.10. The van der Waals surface area contributed by atoms with Gasteiger partial charge in [-0.3, -0.25) is 4.79 Å². The van der Waals surface area contributed by atoms with Gasteiger partial charge in [0.05, 0.1) is 21.1 Å². The van der Waals surface area contributed by atoms with Gasteiger partial charge in [0.1, 0.15) is 0 Å². The standard InChI is InChI=1S/C10H17NO3/c1-6-8(12)10(7-2,9(13)14)11(3,4)5/h6H,1,7H2,2-5H3/p+1. The van der Waals surface area contributed by atoms with E-state index in [1.807, 2.05) is 0 Å². The zero-order valence-electron chi connectivity index (χ0n) is 9.20. The van der Waals surface area contributed by atoms with Gasteiger partial charge >= 0.3 is 5.97 Å². The lowest BCUT2D eigenvalue weighted by atomic mass is 9.87. The molecule has 4 heteroatoms. The fourth-order valence-corrected chi connectivity index (χ4v) is 1.69. The summed E-state index contributed by atoms with van der Waals surface area (Å²) in [7, 11) is 5.08. The van der Waals surface area contributed by atoms with Crippen molar-refractivity contribution in [2.75, 3.05) is 21.1 Å². The highest BCUT2D eigenvalue weighted by Gasteiger charge is 2.54. The third-order valence-electron chi connectivity index (χ3n) is 2.60. The Bertz CT molecular complexity index is 265. The second kappa shape index (κ2) is 3.92. The van der Waals surface area contributed by atoms with Gasteiger partial charge in [-0.1, -0.05) is 13.5 Å². The number of carboxylic acid groups (broad SMARTS) is 1. The zero-order chi connectivity index (χ0) is 11.6. The Labute approximate surface area is 84.4 Å². The molecule has 0 aromatic rings. The van der Waals surface area contributed by atoms with Crippen LogP contribution in [0, 0.1) is 0 Å². The van der Waals surface area contributed by atoms with Crippen molar-refractivity contribution in [2.24, 2.45) is 0 Å². The Balaban J connectivity index is 5.55. The molecule has 0 radical (unpaired) electrons. The van der Waals surface area contributed by atoms with Crippen molar-refractivity contribution in [1.82, 2.24) is 0 Å². The Morgan fingerprint density at radius 2 is 1.86 bits per heavy atom. The largest absolute Gasteiger partial charge is 0.476 e. The molecule has 0 aromatic heterocycles. The molecule has 0 bridgehead atoms. The van der Waals surface area contributed by atoms with Crippen molar-refractivity contribution in [3.63, 3.8) is 0 Å². The van der Waals surface area contributed by atoms with Gasteiger partial charge in [-0.25, -0.2) is 4.79 Å². The van der Waals surface area contributed by atoms with Crippen LogP contribution in [0.1, 0.15) is 13.3 Å². The summed E-state index contributed by atoms with van der Waals surface area (Å²) in [4.78, 5) is 22.9. The summed E-state index contributed by atoms with van der Waals surface area (Å²) in [6.07, 6.45) is 1.33. The molecule has 14 heavy (non-hydrogen) atoms. The number of carbonyl (C=O) groups excluding carboxylic acids is 1. The molecule has 1 unspecified atom stereocenters. The first kappa shape index (κ1) is 12.8. The monoisotopic (exact) mass is 200 g/mol. The molecular weight excluding hydrogens is 182 g/mol. The molecule has 0 aliphatic heterocycles. The van der Waals surface area contributed by atoms with Gasteiger partial charge in [0.25, 0.3) is 5.54 Å². The van der Waals surface area contributed by atoms with E-state index in [0.717, 1.165) is 6.08 Å². The lowest BCUT2D eigenvalue weighted by Gasteiger charge is -2.40. The molecule has 4 nitrogen and oxygen atoms in total. The first-order valence-electron chi connectivity index (χ1n) is 4.45. The van der Waals surface area contributed by atoms with Crippen LogP contribution in [-0.4, -0.2) is 48.0 Å². The van der Waals surface area contributed by atoms with Gasteiger partial charge in [0.2, 0.25) is 5.78 Å². The third kappa shape index (κ3) is 1.70.